The van der Waals surface area contributed by atoms with Crippen LogP contribution in [0.5, 0.6) is 0 Å². The summed E-state index contributed by atoms with van der Waals surface area (Å²) in [4.78, 5) is 4.46. The molecular formula is C17H18N2O2S2. The van der Waals surface area contributed by atoms with Gasteiger partial charge in [0, 0.05) is 35.1 Å². The lowest BCUT2D eigenvalue weighted by Gasteiger charge is -2.15. The Bertz CT molecular complexity index is 923. The second-order valence-corrected chi connectivity index (χ2v) is 9.48. The van der Waals surface area contributed by atoms with Crippen molar-refractivity contribution < 1.29 is 8.42 Å². The van der Waals surface area contributed by atoms with Crippen molar-refractivity contribution in [2.45, 2.75) is 23.5 Å². The third-order valence-electron chi connectivity index (χ3n) is 4.45. The first-order chi connectivity index (χ1) is 11.0. The lowest BCUT2D eigenvalue weighted by atomic mass is 10.1. The Kier molecular flexibility index (Phi) is 3.55. The number of hydrogen-bond donors (Lipinski definition) is 1. The Morgan fingerprint density at radius 1 is 1.22 bits per heavy atom. The number of nitrogens with zero attached hydrogens (tertiary/aromatic N) is 1. The zero-order valence-electron chi connectivity index (χ0n) is 12.8. The number of H-pyrrole nitrogens is 1. The van der Waals surface area contributed by atoms with Crippen LogP contribution in [-0.2, 0) is 10.0 Å². The molecule has 0 saturated carbocycles. The molecule has 120 valence electrons. The number of nitrogens with one attached hydrogen (secondary N) is 1. The normalized spacial score (nSPS) is 19.6. The summed E-state index contributed by atoms with van der Waals surface area (Å²) in [6.07, 6.45) is 0.858. The van der Waals surface area contributed by atoms with E-state index in [1.165, 1.54) is 16.7 Å². The van der Waals surface area contributed by atoms with Gasteiger partial charge in [0.05, 0.1) is 0 Å². The first-order valence-electron chi connectivity index (χ1n) is 7.68. The Balaban J connectivity index is 1.59. The lowest BCUT2D eigenvalue weighted by molar-refractivity contribution is 0.474. The molecule has 4 nitrogen and oxygen atoms in total. The van der Waals surface area contributed by atoms with E-state index in [0.717, 1.165) is 22.5 Å². The molecule has 3 aromatic rings. The molecule has 1 unspecified atom stereocenters. The molecule has 1 atom stereocenters. The average molecular weight is 346 g/mol. The average Bonchev–Trinajstić information content (AvgIpc) is 3.25. The molecule has 1 N–H and O–H groups in total. The minimum Gasteiger partial charge on any atom is -0.358 e. The first kappa shape index (κ1) is 14.9. The van der Waals surface area contributed by atoms with Gasteiger partial charge in [0.1, 0.15) is 4.21 Å². The monoisotopic (exact) mass is 346 g/mol. The molecule has 6 heteroatoms. The number of fused-ring (bicyclic) bond motifs is 1. The van der Waals surface area contributed by atoms with Crippen molar-refractivity contribution in [3.05, 3.63) is 53.0 Å². The fourth-order valence-electron chi connectivity index (χ4n) is 3.19. The van der Waals surface area contributed by atoms with Crippen LogP contribution in [0.1, 0.15) is 22.9 Å². The van der Waals surface area contributed by atoms with Crippen LogP contribution >= 0.6 is 11.3 Å². The number of thiophene rings is 1. The summed E-state index contributed by atoms with van der Waals surface area (Å²) in [5, 5.41) is 1.18. The van der Waals surface area contributed by atoms with Crippen LogP contribution in [0, 0.1) is 6.92 Å². The van der Waals surface area contributed by atoms with Crippen LogP contribution in [0.3, 0.4) is 0 Å². The van der Waals surface area contributed by atoms with E-state index in [1.54, 1.807) is 10.4 Å². The molecule has 1 fully saturated rings. The summed E-state index contributed by atoms with van der Waals surface area (Å²) in [7, 11) is -3.35. The van der Waals surface area contributed by atoms with E-state index in [0.29, 0.717) is 17.3 Å². The Labute approximate surface area is 139 Å². The lowest BCUT2D eigenvalue weighted by Crippen LogP contribution is -2.28. The summed E-state index contributed by atoms with van der Waals surface area (Å²) >= 11 is 1.34. The molecular weight excluding hydrogens is 328 g/mol. The van der Waals surface area contributed by atoms with Crippen LogP contribution < -0.4 is 0 Å². The number of sulfonamides is 1. The SMILES string of the molecule is Cc1ccc(S(=O)(=O)N2CCC(c3cc4ccccc4[nH]3)C2)s1. The molecule has 1 aromatic carbocycles. The molecule has 1 saturated heterocycles. The Morgan fingerprint density at radius 2 is 2.04 bits per heavy atom. The molecule has 0 amide bonds. The predicted octanol–water partition coefficient (Wildman–Crippen LogP) is 3.72. The zero-order chi connectivity index (χ0) is 16.0. The number of benzene rings is 1. The van der Waals surface area contributed by atoms with Crippen molar-refractivity contribution in [2.75, 3.05) is 13.1 Å². The number of aryl methyl sites for hydroxylation is 1. The number of para-hydroxylation sites is 1. The maximum Gasteiger partial charge on any atom is 0.252 e. The number of aromatic amines is 1. The van der Waals surface area contributed by atoms with Gasteiger partial charge < -0.3 is 4.98 Å². The van der Waals surface area contributed by atoms with Gasteiger partial charge >= 0.3 is 0 Å². The molecule has 0 spiro atoms. The number of rotatable bonds is 3. The van der Waals surface area contributed by atoms with Crippen LogP contribution in [0.15, 0.2) is 46.7 Å². The maximum absolute atomic E-state index is 12.7. The van der Waals surface area contributed by atoms with Gasteiger partial charge in [-0.15, -0.1) is 11.3 Å². The first-order valence-corrected chi connectivity index (χ1v) is 9.94. The molecule has 0 aliphatic carbocycles. The third-order valence-corrected chi connectivity index (χ3v) is 7.78. The zero-order valence-corrected chi connectivity index (χ0v) is 14.5. The van der Waals surface area contributed by atoms with E-state index in [9.17, 15) is 8.42 Å². The minimum atomic E-state index is -3.35. The standard InChI is InChI=1S/C17H18N2O2S2/c1-12-6-7-17(22-12)23(20,21)19-9-8-14(11-19)16-10-13-4-2-3-5-15(13)18-16/h2-7,10,14,18H,8-9,11H2,1H3. The molecule has 3 heterocycles. The van der Waals surface area contributed by atoms with Crippen molar-refractivity contribution in [1.82, 2.24) is 9.29 Å². The fourth-order valence-corrected chi connectivity index (χ4v) is 6.13. The summed E-state index contributed by atoms with van der Waals surface area (Å²) in [5.41, 5.74) is 2.24. The van der Waals surface area contributed by atoms with Gasteiger partial charge in [-0.1, -0.05) is 18.2 Å². The summed E-state index contributed by atoms with van der Waals surface area (Å²) in [6.45, 7) is 3.06. The molecule has 23 heavy (non-hydrogen) atoms. The third kappa shape index (κ3) is 2.60. The smallest absolute Gasteiger partial charge is 0.252 e. The van der Waals surface area contributed by atoms with Gasteiger partial charge in [0.2, 0.25) is 0 Å². The highest BCUT2D eigenvalue weighted by molar-refractivity contribution is 7.91. The van der Waals surface area contributed by atoms with Gasteiger partial charge in [-0.3, -0.25) is 0 Å². The van der Waals surface area contributed by atoms with Crippen LogP contribution in [-0.4, -0.2) is 30.8 Å². The van der Waals surface area contributed by atoms with Crippen LogP contribution in [0.4, 0.5) is 0 Å². The molecule has 4 rings (SSSR count). The summed E-state index contributed by atoms with van der Waals surface area (Å²) in [6, 6.07) is 13.9. The van der Waals surface area contributed by atoms with Crippen molar-refractivity contribution in [1.29, 1.82) is 0 Å². The minimum absolute atomic E-state index is 0.234. The van der Waals surface area contributed by atoms with Crippen molar-refractivity contribution >= 4 is 32.3 Å². The van der Waals surface area contributed by atoms with Crippen molar-refractivity contribution in [3.8, 4) is 0 Å². The quantitative estimate of drug-likeness (QED) is 0.786. The van der Waals surface area contributed by atoms with Crippen LogP contribution in [0.2, 0.25) is 0 Å². The summed E-state index contributed by atoms with van der Waals surface area (Å²) in [5.74, 6) is 0.234. The second kappa shape index (κ2) is 5.47. The molecule has 1 aliphatic rings. The number of hydrogen-bond acceptors (Lipinski definition) is 3. The van der Waals surface area contributed by atoms with Gasteiger partial charge in [-0.05, 0) is 43.0 Å². The van der Waals surface area contributed by atoms with Crippen molar-refractivity contribution in [2.24, 2.45) is 0 Å². The maximum atomic E-state index is 12.7. The van der Waals surface area contributed by atoms with Gasteiger partial charge in [-0.2, -0.15) is 4.31 Å². The van der Waals surface area contributed by atoms with E-state index < -0.39 is 10.0 Å². The second-order valence-electron chi connectivity index (χ2n) is 6.03. The van der Waals surface area contributed by atoms with E-state index in [4.69, 9.17) is 0 Å². The molecule has 0 bridgehead atoms. The molecule has 0 radical (unpaired) electrons. The van der Waals surface area contributed by atoms with E-state index in [2.05, 4.69) is 23.2 Å². The van der Waals surface area contributed by atoms with Gasteiger partial charge in [-0.25, -0.2) is 8.42 Å². The Hall–Kier alpha value is -1.63. The van der Waals surface area contributed by atoms with Crippen LogP contribution in [0.25, 0.3) is 10.9 Å². The molecule has 2 aromatic heterocycles. The Morgan fingerprint density at radius 3 is 2.78 bits per heavy atom. The van der Waals surface area contributed by atoms with E-state index in [1.807, 2.05) is 25.1 Å². The highest BCUT2D eigenvalue weighted by atomic mass is 32.2. The highest BCUT2D eigenvalue weighted by Gasteiger charge is 2.34. The van der Waals surface area contributed by atoms with Crippen molar-refractivity contribution in [3.63, 3.8) is 0 Å². The van der Waals surface area contributed by atoms with E-state index in [-0.39, 0.29) is 5.92 Å². The van der Waals surface area contributed by atoms with Gasteiger partial charge in [0.15, 0.2) is 0 Å². The molecule has 1 aliphatic heterocycles. The van der Waals surface area contributed by atoms with Gasteiger partial charge in [0.25, 0.3) is 10.0 Å². The summed E-state index contributed by atoms with van der Waals surface area (Å²) < 4.78 is 27.5. The largest absolute Gasteiger partial charge is 0.358 e. The topological polar surface area (TPSA) is 53.2 Å². The highest BCUT2D eigenvalue weighted by Crippen LogP contribution is 2.33. The predicted molar refractivity (Wildman–Crippen MR) is 93.5 cm³/mol. The van der Waals surface area contributed by atoms with E-state index >= 15 is 0 Å². The fraction of sp³-hybridized carbons (Fsp3) is 0.294. The number of aromatic nitrogens is 1.